The summed E-state index contributed by atoms with van der Waals surface area (Å²) in [5.74, 6) is -1.92. The Morgan fingerprint density at radius 2 is 1.77 bits per heavy atom. The molecule has 10 heteroatoms. The first-order chi connectivity index (χ1) is 14.4. The van der Waals surface area contributed by atoms with E-state index in [2.05, 4.69) is 25.9 Å². The van der Waals surface area contributed by atoms with E-state index in [9.17, 15) is 23.2 Å². The Hall–Kier alpha value is -3.95. The molecule has 1 heterocycles. The number of rotatable bonds is 7. The van der Waals surface area contributed by atoms with Gasteiger partial charge in [0.2, 0.25) is 5.91 Å². The summed E-state index contributed by atoms with van der Waals surface area (Å²) in [4.78, 5) is 39.0. The van der Waals surface area contributed by atoms with Gasteiger partial charge in [0, 0.05) is 22.7 Å². The van der Waals surface area contributed by atoms with Crippen LogP contribution < -0.4 is 20.9 Å². The molecule has 0 saturated heterocycles. The highest BCUT2D eigenvalue weighted by Gasteiger charge is 2.12. The summed E-state index contributed by atoms with van der Waals surface area (Å²) < 4.78 is 28.7. The number of ether oxygens (including phenoxy) is 1. The van der Waals surface area contributed by atoms with Crippen LogP contribution in [0, 0.1) is 0 Å². The van der Waals surface area contributed by atoms with E-state index < -0.39 is 30.9 Å². The topological polar surface area (TPSA) is 112 Å². The van der Waals surface area contributed by atoms with Gasteiger partial charge in [-0.1, -0.05) is 24.3 Å². The molecule has 3 aromatic rings. The van der Waals surface area contributed by atoms with Crippen molar-refractivity contribution in [3.05, 3.63) is 65.9 Å². The minimum Gasteiger partial charge on any atom is -0.435 e. The van der Waals surface area contributed by atoms with Gasteiger partial charge < -0.3 is 15.0 Å². The molecular formula is C20H18F2N4O4. The predicted molar refractivity (Wildman–Crippen MR) is 104 cm³/mol. The Morgan fingerprint density at radius 3 is 2.57 bits per heavy atom. The molecule has 0 saturated carbocycles. The molecule has 0 atom stereocenters. The Balaban J connectivity index is 1.44. The number of hydrogen-bond acceptors (Lipinski definition) is 4. The van der Waals surface area contributed by atoms with Crippen molar-refractivity contribution in [1.29, 1.82) is 0 Å². The molecule has 156 valence electrons. The van der Waals surface area contributed by atoms with Crippen LogP contribution in [0.2, 0.25) is 0 Å². The molecule has 0 aliphatic rings. The van der Waals surface area contributed by atoms with Gasteiger partial charge in [0.1, 0.15) is 5.75 Å². The number of amides is 3. The number of nitrogens with one attached hydrogen (secondary N) is 4. The largest absolute Gasteiger partial charge is 0.435 e. The number of fused-ring (bicyclic) bond motifs is 1. The third-order valence-electron chi connectivity index (χ3n) is 4.10. The maximum absolute atomic E-state index is 12.2. The molecular weight excluding hydrogens is 398 g/mol. The fourth-order valence-corrected chi connectivity index (χ4v) is 2.75. The molecule has 0 aliphatic heterocycles. The quantitative estimate of drug-likeness (QED) is 0.441. The zero-order valence-electron chi connectivity index (χ0n) is 15.6. The van der Waals surface area contributed by atoms with Crippen molar-refractivity contribution in [2.45, 2.75) is 13.0 Å². The summed E-state index contributed by atoms with van der Waals surface area (Å²) in [7, 11) is 0. The lowest BCUT2D eigenvalue weighted by Crippen LogP contribution is -2.46. The van der Waals surface area contributed by atoms with Gasteiger partial charge in [-0.25, -0.2) is 0 Å². The number of halogens is 2. The first-order valence-corrected chi connectivity index (χ1v) is 8.88. The van der Waals surface area contributed by atoms with Crippen LogP contribution in [0.4, 0.5) is 8.78 Å². The highest BCUT2D eigenvalue weighted by Crippen LogP contribution is 2.18. The van der Waals surface area contributed by atoms with E-state index >= 15 is 0 Å². The van der Waals surface area contributed by atoms with Crippen molar-refractivity contribution in [2.75, 3.05) is 6.54 Å². The van der Waals surface area contributed by atoms with Crippen LogP contribution >= 0.6 is 0 Å². The lowest BCUT2D eigenvalue weighted by molar-refractivity contribution is -0.128. The Kier molecular flexibility index (Phi) is 6.58. The molecule has 0 aliphatic carbocycles. The highest BCUT2D eigenvalue weighted by atomic mass is 19.3. The monoisotopic (exact) mass is 416 g/mol. The van der Waals surface area contributed by atoms with Crippen molar-refractivity contribution < 1.29 is 27.9 Å². The fourth-order valence-electron chi connectivity index (χ4n) is 2.75. The lowest BCUT2D eigenvalue weighted by Gasteiger charge is -2.09. The van der Waals surface area contributed by atoms with Crippen molar-refractivity contribution in [3.63, 3.8) is 0 Å². The molecule has 0 unspecified atom stereocenters. The van der Waals surface area contributed by atoms with Crippen LogP contribution in [-0.4, -0.2) is 35.9 Å². The molecule has 4 N–H and O–H groups in total. The number of para-hydroxylation sites is 1. The second-order valence-corrected chi connectivity index (χ2v) is 6.22. The van der Waals surface area contributed by atoms with Crippen LogP contribution in [0.3, 0.4) is 0 Å². The maximum Gasteiger partial charge on any atom is 0.387 e. The zero-order valence-corrected chi connectivity index (χ0v) is 15.6. The summed E-state index contributed by atoms with van der Waals surface area (Å²) in [5.41, 5.74) is 6.19. The third-order valence-corrected chi connectivity index (χ3v) is 4.10. The van der Waals surface area contributed by atoms with E-state index in [1.54, 1.807) is 6.20 Å². The van der Waals surface area contributed by atoms with E-state index in [0.29, 0.717) is 0 Å². The number of carbonyl (C=O) groups is 3. The minimum atomic E-state index is -3.01. The van der Waals surface area contributed by atoms with E-state index in [1.807, 2.05) is 24.3 Å². The van der Waals surface area contributed by atoms with Gasteiger partial charge in [0.25, 0.3) is 11.8 Å². The molecule has 3 amide bonds. The van der Waals surface area contributed by atoms with Crippen LogP contribution in [0.5, 0.6) is 5.75 Å². The number of carbonyl (C=O) groups excluding carboxylic acids is 3. The van der Waals surface area contributed by atoms with E-state index in [0.717, 1.165) is 22.5 Å². The molecule has 1 aromatic heterocycles. The normalized spacial score (nSPS) is 10.6. The minimum absolute atomic E-state index is 0.0457. The predicted octanol–water partition coefficient (Wildman–Crippen LogP) is 1.89. The number of benzene rings is 2. The summed E-state index contributed by atoms with van der Waals surface area (Å²) in [6.07, 6.45) is 1.77. The molecule has 3 rings (SSSR count). The third kappa shape index (κ3) is 5.53. The van der Waals surface area contributed by atoms with Gasteiger partial charge in [0.15, 0.2) is 0 Å². The van der Waals surface area contributed by atoms with Crippen LogP contribution in [0.15, 0.2) is 54.7 Å². The summed E-state index contributed by atoms with van der Waals surface area (Å²) in [5, 5.41) is 3.23. The molecule has 0 spiro atoms. The van der Waals surface area contributed by atoms with E-state index in [1.165, 1.54) is 18.2 Å². The van der Waals surface area contributed by atoms with Crippen molar-refractivity contribution in [3.8, 4) is 5.75 Å². The maximum atomic E-state index is 12.2. The van der Waals surface area contributed by atoms with Crippen LogP contribution in [0.1, 0.15) is 15.9 Å². The van der Waals surface area contributed by atoms with Gasteiger partial charge >= 0.3 is 6.61 Å². The van der Waals surface area contributed by atoms with Crippen molar-refractivity contribution in [1.82, 2.24) is 21.2 Å². The van der Waals surface area contributed by atoms with Gasteiger partial charge in [-0.15, -0.1) is 0 Å². The standard InChI is InChI=1S/C20H18F2N4O4/c21-20(22)30-14-5-3-4-12(8-14)19(29)24-11-18(28)26-25-17(27)9-13-10-23-16-7-2-1-6-15(13)16/h1-8,10,20,23H,9,11H2,(H,24,29)(H,25,27)(H,26,28). The van der Waals surface area contributed by atoms with Gasteiger partial charge in [0.05, 0.1) is 13.0 Å². The van der Waals surface area contributed by atoms with Crippen molar-refractivity contribution in [2.24, 2.45) is 0 Å². The average molecular weight is 416 g/mol. The Labute approximate surface area is 169 Å². The number of hydrogen-bond donors (Lipinski definition) is 4. The SMILES string of the molecule is O=C(CNC(=O)c1cccc(OC(F)F)c1)NNC(=O)Cc1c[nH]c2ccccc12. The molecule has 0 radical (unpaired) electrons. The number of alkyl halides is 2. The molecule has 0 bridgehead atoms. The summed E-state index contributed by atoms with van der Waals surface area (Å²) >= 11 is 0. The highest BCUT2D eigenvalue weighted by molar-refractivity contribution is 5.97. The van der Waals surface area contributed by atoms with Gasteiger partial charge in [-0.05, 0) is 29.8 Å². The van der Waals surface area contributed by atoms with E-state index in [4.69, 9.17) is 0 Å². The first-order valence-electron chi connectivity index (χ1n) is 8.88. The van der Waals surface area contributed by atoms with E-state index in [-0.39, 0.29) is 17.7 Å². The van der Waals surface area contributed by atoms with Crippen LogP contribution in [0.25, 0.3) is 10.9 Å². The molecule has 0 fully saturated rings. The van der Waals surface area contributed by atoms with Gasteiger partial charge in [-0.3, -0.25) is 25.2 Å². The average Bonchev–Trinajstić information content (AvgIpc) is 3.13. The number of aromatic nitrogens is 1. The number of aromatic amines is 1. The second-order valence-electron chi connectivity index (χ2n) is 6.22. The smallest absolute Gasteiger partial charge is 0.387 e. The summed E-state index contributed by atoms with van der Waals surface area (Å²) in [6.45, 7) is -3.44. The number of H-pyrrole nitrogens is 1. The molecule has 2 aromatic carbocycles. The lowest BCUT2D eigenvalue weighted by atomic mass is 10.1. The Bertz CT molecular complexity index is 1070. The molecule has 8 nitrogen and oxygen atoms in total. The first kappa shape index (κ1) is 20.8. The number of hydrazine groups is 1. The fraction of sp³-hybridized carbons (Fsp3) is 0.150. The van der Waals surface area contributed by atoms with Crippen molar-refractivity contribution >= 4 is 28.6 Å². The summed E-state index contributed by atoms with van der Waals surface area (Å²) in [6, 6.07) is 12.7. The second kappa shape index (κ2) is 9.50. The Morgan fingerprint density at radius 1 is 1.00 bits per heavy atom. The van der Waals surface area contributed by atoms with Gasteiger partial charge in [-0.2, -0.15) is 8.78 Å². The van der Waals surface area contributed by atoms with Crippen LogP contribution in [-0.2, 0) is 16.0 Å². The molecule has 30 heavy (non-hydrogen) atoms. The zero-order chi connectivity index (χ0) is 21.5.